The number of hydrogen-bond acceptors (Lipinski definition) is 7. The maximum Gasteiger partial charge on any atom is 0.237 e. The first-order valence-corrected chi connectivity index (χ1v) is 11.4. The Morgan fingerprint density at radius 3 is 2.28 bits per heavy atom. The Hall–Kier alpha value is -4.21. The second-order valence-corrected chi connectivity index (χ2v) is 8.88. The van der Waals surface area contributed by atoms with Crippen LogP contribution >= 0.6 is 0 Å². The Bertz CT molecular complexity index is 1340. The van der Waals surface area contributed by atoms with Crippen LogP contribution in [0, 0.1) is 36.5 Å². The van der Waals surface area contributed by atoms with Gasteiger partial charge in [0.25, 0.3) is 0 Å². The lowest BCUT2D eigenvalue weighted by Gasteiger charge is -2.25. The number of nitrogens with zero attached hydrogens (tertiary/aromatic N) is 5. The van der Waals surface area contributed by atoms with Crippen molar-refractivity contribution in [2.45, 2.75) is 13.8 Å². The fourth-order valence-electron chi connectivity index (χ4n) is 3.27. The number of rotatable bonds is 6. The Labute approximate surface area is 187 Å². The topological polar surface area (TPSA) is 123 Å². The van der Waals surface area contributed by atoms with E-state index >= 15 is 0 Å². The molecule has 1 aromatic heterocycles. The molecule has 0 atom stereocenters. The van der Waals surface area contributed by atoms with E-state index < -0.39 is 10.0 Å². The molecule has 0 aliphatic heterocycles. The Morgan fingerprint density at radius 2 is 1.72 bits per heavy atom. The molecule has 0 unspecified atom stereocenters. The second kappa shape index (κ2) is 9.29. The Morgan fingerprint density at radius 1 is 1.06 bits per heavy atom. The maximum atomic E-state index is 12.8. The molecule has 0 bridgehead atoms. The van der Waals surface area contributed by atoms with Crippen LogP contribution in [0.25, 0.3) is 6.08 Å². The first-order valence-electron chi connectivity index (χ1n) is 9.51. The van der Waals surface area contributed by atoms with E-state index in [9.17, 15) is 8.42 Å². The van der Waals surface area contributed by atoms with Crippen molar-refractivity contribution in [3.05, 3.63) is 77.0 Å². The van der Waals surface area contributed by atoms with Gasteiger partial charge in [-0.05, 0) is 73.0 Å². The fraction of sp³-hybridized carbons (Fsp3) is 0.130. The highest BCUT2D eigenvalue weighted by Crippen LogP contribution is 2.34. The van der Waals surface area contributed by atoms with Crippen LogP contribution in [0.3, 0.4) is 0 Å². The third-order valence-corrected chi connectivity index (χ3v) is 5.55. The van der Waals surface area contributed by atoms with Crippen LogP contribution in [0.15, 0.2) is 54.7 Å². The van der Waals surface area contributed by atoms with Gasteiger partial charge in [0, 0.05) is 24.0 Å². The summed E-state index contributed by atoms with van der Waals surface area (Å²) in [7, 11) is -3.74. The molecule has 9 heteroatoms. The molecule has 2 aromatic carbocycles. The van der Waals surface area contributed by atoms with Gasteiger partial charge in [0.2, 0.25) is 16.0 Å². The summed E-state index contributed by atoms with van der Waals surface area (Å²) in [5.41, 5.74) is 3.90. The van der Waals surface area contributed by atoms with E-state index in [2.05, 4.69) is 21.4 Å². The minimum Gasteiger partial charge on any atom is -0.324 e. The van der Waals surface area contributed by atoms with E-state index in [-0.39, 0.29) is 11.8 Å². The summed E-state index contributed by atoms with van der Waals surface area (Å²) in [5.74, 6) is 0.398. The Balaban J connectivity index is 2.05. The van der Waals surface area contributed by atoms with E-state index in [1.165, 1.54) is 22.6 Å². The number of aryl methyl sites for hydroxylation is 2. The van der Waals surface area contributed by atoms with Crippen molar-refractivity contribution in [1.82, 2.24) is 9.97 Å². The Kier molecular flexibility index (Phi) is 6.53. The SMILES string of the molecule is Cc1cc(C=CC#N)cc(C)c1N(c1ccnc(Nc2ccc(C#N)cc2)n1)S(C)(=O)=O. The van der Waals surface area contributed by atoms with Gasteiger partial charge in [-0.2, -0.15) is 15.5 Å². The fourth-order valence-corrected chi connectivity index (χ4v) is 4.33. The zero-order chi connectivity index (χ0) is 23.3. The van der Waals surface area contributed by atoms with Crippen molar-refractivity contribution in [3.63, 3.8) is 0 Å². The lowest BCUT2D eigenvalue weighted by Crippen LogP contribution is -2.27. The molecule has 0 fully saturated rings. The zero-order valence-electron chi connectivity index (χ0n) is 17.7. The average molecular weight is 445 g/mol. The molecule has 160 valence electrons. The molecule has 3 rings (SSSR count). The summed E-state index contributed by atoms with van der Waals surface area (Å²) in [5, 5.41) is 20.7. The van der Waals surface area contributed by atoms with Crippen LogP contribution < -0.4 is 9.62 Å². The van der Waals surface area contributed by atoms with Crippen LogP contribution in [-0.4, -0.2) is 24.6 Å². The molecule has 1 heterocycles. The van der Waals surface area contributed by atoms with Crippen LogP contribution in [0.2, 0.25) is 0 Å². The first-order chi connectivity index (χ1) is 15.2. The largest absolute Gasteiger partial charge is 0.324 e. The highest BCUT2D eigenvalue weighted by molar-refractivity contribution is 7.92. The van der Waals surface area contributed by atoms with Crippen molar-refractivity contribution in [1.29, 1.82) is 10.5 Å². The summed E-state index contributed by atoms with van der Waals surface area (Å²) in [6.07, 6.45) is 5.62. The molecule has 0 amide bonds. The van der Waals surface area contributed by atoms with E-state index in [0.29, 0.717) is 28.1 Å². The van der Waals surface area contributed by atoms with E-state index in [1.807, 2.05) is 18.2 Å². The van der Waals surface area contributed by atoms with Gasteiger partial charge in [-0.1, -0.05) is 0 Å². The average Bonchev–Trinajstić information content (AvgIpc) is 2.74. The van der Waals surface area contributed by atoms with Gasteiger partial charge >= 0.3 is 0 Å². The molecular weight excluding hydrogens is 424 g/mol. The second-order valence-electron chi connectivity index (χ2n) is 7.05. The van der Waals surface area contributed by atoms with Gasteiger partial charge in [0.15, 0.2) is 5.82 Å². The van der Waals surface area contributed by atoms with Gasteiger partial charge in [-0.25, -0.2) is 17.7 Å². The van der Waals surface area contributed by atoms with E-state index in [0.717, 1.165) is 11.8 Å². The number of anilines is 4. The van der Waals surface area contributed by atoms with Crippen LogP contribution in [0.5, 0.6) is 0 Å². The predicted molar refractivity (Wildman–Crippen MR) is 124 cm³/mol. The maximum absolute atomic E-state index is 12.8. The quantitative estimate of drug-likeness (QED) is 0.561. The van der Waals surface area contributed by atoms with Crippen LogP contribution in [0.1, 0.15) is 22.3 Å². The number of aromatic nitrogens is 2. The number of sulfonamides is 1. The van der Waals surface area contributed by atoms with Gasteiger partial charge in [-0.15, -0.1) is 0 Å². The van der Waals surface area contributed by atoms with Gasteiger partial charge in [0.05, 0.1) is 29.6 Å². The number of nitriles is 2. The molecule has 0 radical (unpaired) electrons. The monoisotopic (exact) mass is 444 g/mol. The number of benzene rings is 2. The highest BCUT2D eigenvalue weighted by atomic mass is 32.2. The minimum absolute atomic E-state index is 0.185. The molecule has 0 spiro atoms. The van der Waals surface area contributed by atoms with Gasteiger partial charge in [-0.3, -0.25) is 0 Å². The number of allylic oxidation sites excluding steroid dienone is 1. The van der Waals surface area contributed by atoms with Gasteiger partial charge < -0.3 is 5.32 Å². The third-order valence-electron chi connectivity index (χ3n) is 4.52. The lowest BCUT2D eigenvalue weighted by atomic mass is 10.0. The van der Waals surface area contributed by atoms with Crippen LogP contribution in [0.4, 0.5) is 23.1 Å². The molecule has 1 N–H and O–H groups in total. The van der Waals surface area contributed by atoms with Crippen molar-refractivity contribution in [2.75, 3.05) is 15.9 Å². The lowest BCUT2D eigenvalue weighted by molar-refractivity contribution is 0.601. The molecule has 0 saturated carbocycles. The summed E-state index contributed by atoms with van der Waals surface area (Å²) >= 11 is 0. The van der Waals surface area contributed by atoms with Crippen molar-refractivity contribution in [3.8, 4) is 12.1 Å². The zero-order valence-corrected chi connectivity index (χ0v) is 18.6. The van der Waals surface area contributed by atoms with E-state index in [1.54, 1.807) is 44.2 Å². The predicted octanol–water partition coefficient (Wildman–Crippen LogP) is 4.34. The highest BCUT2D eigenvalue weighted by Gasteiger charge is 2.25. The summed E-state index contributed by atoms with van der Waals surface area (Å²) in [6.45, 7) is 3.61. The van der Waals surface area contributed by atoms with Crippen LogP contribution in [-0.2, 0) is 10.0 Å². The molecule has 3 aromatic rings. The standard InChI is InChI=1S/C23H20N6O2S/c1-16-13-19(5-4-11-24)14-17(2)22(16)29(32(3,30)31)21-10-12-26-23(28-21)27-20-8-6-18(15-25)7-9-20/h4-10,12-14H,1-3H3,(H,26,27,28). The normalized spacial score (nSPS) is 11.0. The molecule has 0 saturated heterocycles. The molecule has 8 nitrogen and oxygen atoms in total. The third kappa shape index (κ3) is 5.09. The van der Waals surface area contributed by atoms with E-state index in [4.69, 9.17) is 10.5 Å². The molecule has 0 aliphatic rings. The smallest absolute Gasteiger partial charge is 0.237 e. The number of nitrogens with one attached hydrogen (secondary N) is 1. The van der Waals surface area contributed by atoms with Crippen molar-refractivity contribution < 1.29 is 8.42 Å². The van der Waals surface area contributed by atoms with Gasteiger partial charge in [0.1, 0.15) is 0 Å². The molecular formula is C23H20N6O2S. The van der Waals surface area contributed by atoms with Crippen molar-refractivity contribution in [2.24, 2.45) is 0 Å². The number of hydrogen-bond donors (Lipinski definition) is 1. The molecule has 0 aliphatic carbocycles. The minimum atomic E-state index is -3.74. The first kappa shape index (κ1) is 22.5. The van der Waals surface area contributed by atoms with Crippen molar-refractivity contribution >= 4 is 39.2 Å². The molecule has 32 heavy (non-hydrogen) atoms. The summed E-state index contributed by atoms with van der Waals surface area (Å²) < 4.78 is 26.8. The summed E-state index contributed by atoms with van der Waals surface area (Å²) in [4.78, 5) is 8.59. The summed E-state index contributed by atoms with van der Waals surface area (Å²) in [6, 6.07) is 15.9.